The van der Waals surface area contributed by atoms with E-state index in [2.05, 4.69) is 15.3 Å². The van der Waals surface area contributed by atoms with Crippen molar-refractivity contribution in [2.75, 3.05) is 18.1 Å². The van der Waals surface area contributed by atoms with E-state index in [4.69, 9.17) is 5.26 Å². The second-order valence-electron chi connectivity index (χ2n) is 3.95. The van der Waals surface area contributed by atoms with E-state index in [0.29, 0.717) is 24.5 Å². The molecule has 0 saturated heterocycles. The maximum Gasteiger partial charge on any atom is 0.230 e. The summed E-state index contributed by atoms with van der Waals surface area (Å²) < 4.78 is 0. The number of benzene rings is 1. The molecule has 0 unspecified atom stereocenters. The van der Waals surface area contributed by atoms with Gasteiger partial charge in [0.2, 0.25) is 5.91 Å². The summed E-state index contributed by atoms with van der Waals surface area (Å²) in [6.07, 6.45) is 0.670. The zero-order chi connectivity index (χ0) is 13.5. The average molecular weight is 274 g/mol. The van der Waals surface area contributed by atoms with Crippen molar-refractivity contribution < 1.29 is 4.79 Å². The number of carbonyl (C=O) groups is 1. The molecule has 2 rings (SSSR count). The van der Waals surface area contributed by atoms with Crippen molar-refractivity contribution in [2.45, 2.75) is 6.42 Å². The summed E-state index contributed by atoms with van der Waals surface area (Å²) in [5.41, 5.74) is 1.95. The van der Waals surface area contributed by atoms with Crippen LogP contribution in [0.5, 0.6) is 0 Å². The number of nitrogens with one attached hydrogen (secondary N) is 2. The van der Waals surface area contributed by atoms with Crippen LogP contribution in [0.15, 0.2) is 24.3 Å². The van der Waals surface area contributed by atoms with Crippen LogP contribution >= 0.6 is 11.8 Å². The van der Waals surface area contributed by atoms with Gasteiger partial charge in [-0.1, -0.05) is 12.1 Å². The summed E-state index contributed by atoms with van der Waals surface area (Å²) >= 11 is 1.31. The lowest BCUT2D eigenvalue weighted by Crippen LogP contribution is -2.27. The van der Waals surface area contributed by atoms with Crippen LogP contribution in [0.25, 0.3) is 11.0 Å². The number of nitrogens with zero attached hydrogens (tertiary/aromatic N) is 2. The van der Waals surface area contributed by atoms with E-state index in [0.717, 1.165) is 16.9 Å². The van der Waals surface area contributed by atoms with Crippen LogP contribution in [0.1, 0.15) is 5.82 Å². The molecular weight excluding hydrogens is 260 g/mol. The molecule has 98 valence electrons. The van der Waals surface area contributed by atoms with Gasteiger partial charge in [0.1, 0.15) is 5.82 Å². The first-order valence-electron chi connectivity index (χ1n) is 5.94. The molecule has 5 nitrogen and oxygen atoms in total. The molecule has 0 fully saturated rings. The molecule has 0 bridgehead atoms. The topological polar surface area (TPSA) is 81.6 Å². The Labute approximate surface area is 115 Å². The zero-order valence-electron chi connectivity index (χ0n) is 10.3. The SMILES string of the molecule is N#CCSCC(=O)NCCc1nc2ccccc2[nH]1. The smallest absolute Gasteiger partial charge is 0.230 e. The minimum absolute atomic E-state index is 0.0450. The van der Waals surface area contributed by atoms with Crippen molar-refractivity contribution in [1.29, 1.82) is 5.26 Å². The molecule has 0 aliphatic heterocycles. The summed E-state index contributed by atoms with van der Waals surface area (Å²) in [6.45, 7) is 0.547. The first-order valence-corrected chi connectivity index (χ1v) is 7.10. The second kappa shape index (κ2) is 6.81. The van der Waals surface area contributed by atoms with Crippen molar-refractivity contribution in [3.05, 3.63) is 30.1 Å². The lowest BCUT2D eigenvalue weighted by atomic mass is 10.3. The summed E-state index contributed by atoms with van der Waals surface area (Å²) in [6, 6.07) is 9.82. The highest BCUT2D eigenvalue weighted by Crippen LogP contribution is 2.10. The predicted molar refractivity (Wildman–Crippen MR) is 75.7 cm³/mol. The van der Waals surface area contributed by atoms with Crippen molar-refractivity contribution in [1.82, 2.24) is 15.3 Å². The lowest BCUT2D eigenvalue weighted by molar-refractivity contribution is -0.118. The van der Waals surface area contributed by atoms with E-state index in [1.807, 2.05) is 30.3 Å². The van der Waals surface area contributed by atoms with Gasteiger partial charge in [-0.15, -0.1) is 11.8 Å². The first-order chi connectivity index (χ1) is 9.29. The number of hydrogen-bond acceptors (Lipinski definition) is 4. The van der Waals surface area contributed by atoms with E-state index in [-0.39, 0.29) is 5.91 Å². The van der Waals surface area contributed by atoms with Gasteiger partial charge in [0.05, 0.1) is 28.6 Å². The van der Waals surface area contributed by atoms with Gasteiger partial charge in [0.15, 0.2) is 0 Å². The third-order valence-corrected chi connectivity index (χ3v) is 3.32. The number of nitriles is 1. The molecule has 0 saturated carbocycles. The highest BCUT2D eigenvalue weighted by molar-refractivity contribution is 8.00. The third kappa shape index (κ3) is 4.00. The van der Waals surface area contributed by atoms with E-state index in [9.17, 15) is 4.79 Å². The van der Waals surface area contributed by atoms with Gasteiger partial charge in [-0.2, -0.15) is 5.26 Å². The van der Waals surface area contributed by atoms with Crippen molar-refractivity contribution in [3.63, 3.8) is 0 Å². The highest BCUT2D eigenvalue weighted by atomic mass is 32.2. The molecule has 1 aromatic heterocycles. The quantitative estimate of drug-likeness (QED) is 0.782. The molecule has 1 aromatic carbocycles. The van der Waals surface area contributed by atoms with Crippen molar-refractivity contribution in [3.8, 4) is 6.07 Å². The van der Waals surface area contributed by atoms with Gasteiger partial charge >= 0.3 is 0 Å². The van der Waals surface area contributed by atoms with Crippen molar-refractivity contribution in [2.24, 2.45) is 0 Å². The molecule has 1 amide bonds. The van der Waals surface area contributed by atoms with Gasteiger partial charge < -0.3 is 10.3 Å². The number of amides is 1. The zero-order valence-corrected chi connectivity index (χ0v) is 11.2. The van der Waals surface area contributed by atoms with Crippen molar-refractivity contribution >= 4 is 28.7 Å². The number of thioether (sulfide) groups is 1. The first kappa shape index (κ1) is 13.4. The van der Waals surface area contributed by atoms with E-state index < -0.39 is 0 Å². The number of H-pyrrole nitrogens is 1. The minimum atomic E-state index is -0.0450. The van der Waals surface area contributed by atoms with Crippen LogP contribution in [-0.2, 0) is 11.2 Å². The fourth-order valence-corrected chi connectivity index (χ4v) is 2.17. The molecule has 6 heteroatoms. The Morgan fingerprint density at radius 3 is 3.11 bits per heavy atom. The number of rotatable bonds is 6. The number of aromatic nitrogens is 2. The van der Waals surface area contributed by atoms with Crippen LogP contribution in [-0.4, -0.2) is 33.9 Å². The maximum atomic E-state index is 11.4. The average Bonchev–Trinajstić information content (AvgIpc) is 2.81. The second-order valence-corrected chi connectivity index (χ2v) is 4.94. The van der Waals surface area contributed by atoms with E-state index in [1.165, 1.54) is 11.8 Å². The molecular formula is C13H14N4OS. The normalized spacial score (nSPS) is 10.3. The molecule has 0 atom stereocenters. The molecule has 0 aliphatic rings. The Kier molecular flexibility index (Phi) is 4.81. The Bertz CT molecular complexity index is 569. The molecule has 19 heavy (non-hydrogen) atoms. The van der Waals surface area contributed by atoms with Gasteiger partial charge in [-0.3, -0.25) is 4.79 Å². The molecule has 2 N–H and O–H groups in total. The molecule has 0 radical (unpaired) electrons. The standard InChI is InChI=1S/C13H14N4OS/c14-6-8-19-9-13(18)15-7-5-12-16-10-3-1-2-4-11(10)17-12/h1-4H,5,7-9H2,(H,15,18)(H,16,17). The minimum Gasteiger partial charge on any atom is -0.355 e. The van der Waals surface area contributed by atoms with Gasteiger partial charge in [-0.05, 0) is 12.1 Å². The molecule has 1 heterocycles. The maximum absolute atomic E-state index is 11.4. The number of imidazole rings is 1. The number of hydrogen-bond donors (Lipinski definition) is 2. The summed E-state index contributed by atoms with van der Waals surface area (Å²) in [4.78, 5) is 19.0. The van der Waals surface area contributed by atoms with Crippen LogP contribution in [0.4, 0.5) is 0 Å². The Morgan fingerprint density at radius 1 is 1.47 bits per heavy atom. The largest absolute Gasteiger partial charge is 0.355 e. The fourth-order valence-electron chi connectivity index (χ4n) is 1.68. The molecule has 0 spiro atoms. The van der Waals surface area contributed by atoms with E-state index >= 15 is 0 Å². The highest BCUT2D eigenvalue weighted by Gasteiger charge is 2.04. The summed E-state index contributed by atoms with van der Waals surface area (Å²) in [7, 11) is 0. The number of carbonyl (C=O) groups excluding carboxylic acids is 1. The predicted octanol–water partition coefficient (Wildman–Crippen LogP) is 1.48. The van der Waals surface area contributed by atoms with Gasteiger partial charge in [0.25, 0.3) is 0 Å². The third-order valence-electron chi connectivity index (χ3n) is 2.52. The lowest BCUT2D eigenvalue weighted by Gasteiger charge is -2.02. The number of para-hydroxylation sites is 2. The van der Waals surface area contributed by atoms with Crippen LogP contribution in [0.3, 0.4) is 0 Å². The van der Waals surface area contributed by atoms with E-state index in [1.54, 1.807) is 0 Å². The summed E-state index contributed by atoms with van der Waals surface area (Å²) in [5, 5.41) is 11.2. The monoisotopic (exact) mass is 274 g/mol. The summed E-state index contributed by atoms with van der Waals surface area (Å²) in [5.74, 6) is 1.49. The number of fused-ring (bicyclic) bond motifs is 1. The molecule has 2 aromatic rings. The number of aromatic amines is 1. The Morgan fingerprint density at radius 2 is 2.32 bits per heavy atom. The van der Waals surface area contributed by atoms with Gasteiger partial charge in [0, 0.05) is 13.0 Å². The Hall–Kier alpha value is -2.00. The van der Waals surface area contributed by atoms with Crippen LogP contribution in [0.2, 0.25) is 0 Å². The fraction of sp³-hybridized carbons (Fsp3) is 0.308. The molecule has 0 aliphatic carbocycles. The van der Waals surface area contributed by atoms with Crippen LogP contribution < -0.4 is 5.32 Å². The Balaban J connectivity index is 1.76. The van der Waals surface area contributed by atoms with Gasteiger partial charge in [-0.25, -0.2) is 4.98 Å². The van der Waals surface area contributed by atoms with Crippen LogP contribution in [0, 0.1) is 11.3 Å².